The van der Waals surface area contributed by atoms with Gasteiger partial charge in [-0.3, -0.25) is 0 Å². The van der Waals surface area contributed by atoms with Crippen LogP contribution in [0.2, 0.25) is 0 Å². The minimum Gasteiger partial charge on any atom is -0.363 e. The first-order chi connectivity index (χ1) is 9.32. The lowest BCUT2D eigenvalue weighted by molar-refractivity contribution is -0.137. The lowest BCUT2D eigenvalue weighted by atomic mass is 10.0. The summed E-state index contributed by atoms with van der Waals surface area (Å²) >= 11 is 0. The Morgan fingerprint density at radius 1 is 1.35 bits per heavy atom. The molecule has 1 aliphatic rings. The van der Waals surface area contributed by atoms with E-state index in [9.17, 15) is 17.6 Å². The van der Waals surface area contributed by atoms with Gasteiger partial charge in [0.15, 0.2) is 0 Å². The van der Waals surface area contributed by atoms with Crippen LogP contribution in [0.3, 0.4) is 0 Å². The van der Waals surface area contributed by atoms with Crippen molar-refractivity contribution in [1.29, 1.82) is 0 Å². The van der Waals surface area contributed by atoms with Crippen LogP contribution in [-0.4, -0.2) is 25.2 Å². The Labute approximate surface area is 115 Å². The molecule has 0 radical (unpaired) electrons. The van der Waals surface area contributed by atoms with Gasteiger partial charge in [0.25, 0.3) is 0 Å². The lowest BCUT2D eigenvalue weighted by Crippen LogP contribution is -2.55. The molecule has 0 aromatic heterocycles. The van der Waals surface area contributed by atoms with Gasteiger partial charge in [-0.05, 0) is 31.5 Å². The molecule has 1 saturated heterocycles. The molecule has 0 spiro atoms. The number of halogens is 4. The van der Waals surface area contributed by atoms with Gasteiger partial charge in [-0.1, -0.05) is 6.92 Å². The van der Waals surface area contributed by atoms with Gasteiger partial charge in [0, 0.05) is 25.2 Å². The second kappa shape index (κ2) is 5.60. The van der Waals surface area contributed by atoms with E-state index >= 15 is 0 Å². The van der Waals surface area contributed by atoms with E-state index < -0.39 is 17.6 Å². The molecule has 2 nitrogen and oxygen atoms in total. The Morgan fingerprint density at radius 2 is 2.05 bits per heavy atom. The first-order valence-corrected chi connectivity index (χ1v) is 6.69. The van der Waals surface area contributed by atoms with Crippen molar-refractivity contribution in [2.24, 2.45) is 0 Å². The molecule has 112 valence electrons. The standard InChI is InChI=1S/C14H18F4N2/c1-3-11-7-19-9(2)8-20(11)13-6-10(14(16,17)18)4-5-12(13)15/h4-6,9,11,19H,3,7-8H2,1-2H3. The quantitative estimate of drug-likeness (QED) is 0.840. The van der Waals surface area contributed by atoms with Crippen LogP contribution in [0.4, 0.5) is 23.2 Å². The van der Waals surface area contributed by atoms with E-state index in [0.717, 1.165) is 24.6 Å². The zero-order valence-corrected chi connectivity index (χ0v) is 11.5. The van der Waals surface area contributed by atoms with E-state index in [1.54, 1.807) is 4.90 Å². The number of rotatable bonds is 2. The minimum absolute atomic E-state index is 0.00387. The molecule has 0 bridgehead atoms. The van der Waals surface area contributed by atoms with Crippen molar-refractivity contribution in [3.05, 3.63) is 29.6 Å². The lowest BCUT2D eigenvalue weighted by Gasteiger charge is -2.41. The molecule has 1 heterocycles. The molecule has 0 aliphatic carbocycles. The van der Waals surface area contributed by atoms with Crippen molar-refractivity contribution in [2.75, 3.05) is 18.0 Å². The molecule has 2 atom stereocenters. The summed E-state index contributed by atoms with van der Waals surface area (Å²) in [6.07, 6.45) is -3.71. The van der Waals surface area contributed by atoms with Crippen LogP contribution in [-0.2, 0) is 6.18 Å². The first kappa shape index (κ1) is 15.1. The molecule has 1 fully saturated rings. The highest BCUT2D eigenvalue weighted by molar-refractivity contribution is 5.52. The average Bonchev–Trinajstić information content (AvgIpc) is 2.38. The monoisotopic (exact) mass is 290 g/mol. The summed E-state index contributed by atoms with van der Waals surface area (Å²) in [6, 6.07) is 2.72. The molecule has 20 heavy (non-hydrogen) atoms. The van der Waals surface area contributed by atoms with Crippen molar-refractivity contribution in [2.45, 2.75) is 38.5 Å². The molecule has 2 rings (SSSR count). The van der Waals surface area contributed by atoms with Gasteiger partial charge >= 0.3 is 6.18 Å². The number of piperazine rings is 1. The van der Waals surface area contributed by atoms with Crippen molar-refractivity contribution >= 4 is 5.69 Å². The molecular weight excluding hydrogens is 272 g/mol. The summed E-state index contributed by atoms with van der Waals surface area (Å²) < 4.78 is 52.3. The van der Waals surface area contributed by atoms with E-state index in [2.05, 4.69) is 5.32 Å². The normalized spacial score (nSPS) is 24.0. The maximum Gasteiger partial charge on any atom is 0.416 e. The van der Waals surface area contributed by atoms with Crippen molar-refractivity contribution in [3.63, 3.8) is 0 Å². The van der Waals surface area contributed by atoms with Crippen LogP contribution in [0.25, 0.3) is 0 Å². The zero-order valence-electron chi connectivity index (χ0n) is 11.5. The zero-order chi connectivity index (χ0) is 14.9. The highest BCUT2D eigenvalue weighted by Crippen LogP contribution is 2.34. The third-order valence-electron chi connectivity index (χ3n) is 3.67. The fourth-order valence-corrected chi connectivity index (χ4v) is 2.52. The number of anilines is 1. The first-order valence-electron chi connectivity index (χ1n) is 6.69. The Kier molecular flexibility index (Phi) is 4.22. The Bertz CT molecular complexity index is 473. The fourth-order valence-electron chi connectivity index (χ4n) is 2.52. The van der Waals surface area contributed by atoms with Gasteiger partial charge in [0.2, 0.25) is 0 Å². The van der Waals surface area contributed by atoms with E-state index in [1.165, 1.54) is 0 Å². The second-order valence-corrected chi connectivity index (χ2v) is 5.19. The van der Waals surface area contributed by atoms with E-state index in [0.29, 0.717) is 13.1 Å². The Morgan fingerprint density at radius 3 is 2.65 bits per heavy atom. The summed E-state index contributed by atoms with van der Waals surface area (Å²) in [5.41, 5.74) is -0.769. The van der Waals surface area contributed by atoms with E-state index in [-0.39, 0.29) is 17.8 Å². The summed E-state index contributed by atoms with van der Waals surface area (Å²) in [6.45, 7) is 5.02. The molecular formula is C14H18F4N2. The number of benzene rings is 1. The van der Waals surface area contributed by atoms with Crippen molar-refractivity contribution < 1.29 is 17.6 Å². The second-order valence-electron chi connectivity index (χ2n) is 5.19. The predicted molar refractivity (Wildman–Crippen MR) is 70.3 cm³/mol. The molecule has 1 aliphatic heterocycles. The van der Waals surface area contributed by atoms with Gasteiger partial charge in [-0.25, -0.2) is 4.39 Å². The largest absolute Gasteiger partial charge is 0.416 e. The fraction of sp³-hybridized carbons (Fsp3) is 0.571. The molecule has 0 saturated carbocycles. The Hall–Kier alpha value is -1.30. The highest BCUT2D eigenvalue weighted by atomic mass is 19.4. The van der Waals surface area contributed by atoms with Crippen LogP contribution < -0.4 is 10.2 Å². The van der Waals surface area contributed by atoms with Crippen LogP contribution in [0.5, 0.6) is 0 Å². The van der Waals surface area contributed by atoms with Gasteiger partial charge in [0.05, 0.1) is 11.3 Å². The van der Waals surface area contributed by atoms with Gasteiger partial charge < -0.3 is 10.2 Å². The van der Waals surface area contributed by atoms with E-state index in [1.807, 2.05) is 13.8 Å². The number of alkyl halides is 3. The molecule has 6 heteroatoms. The number of nitrogens with zero attached hydrogens (tertiary/aromatic N) is 1. The van der Waals surface area contributed by atoms with Crippen LogP contribution in [0, 0.1) is 5.82 Å². The van der Waals surface area contributed by atoms with Crippen LogP contribution >= 0.6 is 0 Å². The smallest absolute Gasteiger partial charge is 0.363 e. The SMILES string of the molecule is CCC1CNC(C)CN1c1cc(C(F)(F)F)ccc1F. The molecule has 1 aromatic carbocycles. The minimum atomic E-state index is -4.45. The molecule has 1 N–H and O–H groups in total. The third kappa shape index (κ3) is 3.06. The van der Waals surface area contributed by atoms with E-state index in [4.69, 9.17) is 0 Å². The van der Waals surface area contributed by atoms with Gasteiger partial charge in [-0.2, -0.15) is 13.2 Å². The number of hydrogen-bond acceptors (Lipinski definition) is 2. The number of nitrogens with one attached hydrogen (secondary N) is 1. The topological polar surface area (TPSA) is 15.3 Å². The highest BCUT2D eigenvalue weighted by Gasteiger charge is 2.33. The molecule has 1 aromatic rings. The van der Waals surface area contributed by atoms with Crippen LogP contribution in [0.15, 0.2) is 18.2 Å². The predicted octanol–water partition coefficient (Wildman–Crippen LogP) is 3.42. The summed E-state index contributed by atoms with van der Waals surface area (Å²) in [4.78, 5) is 1.74. The molecule has 0 amide bonds. The van der Waals surface area contributed by atoms with Crippen LogP contribution in [0.1, 0.15) is 25.8 Å². The van der Waals surface area contributed by atoms with Gasteiger partial charge in [-0.15, -0.1) is 0 Å². The maximum absolute atomic E-state index is 13.9. The average molecular weight is 290 g/mol. The molecule has 2 unspecified atom stereocenters. The number of hydrogen-bond donors (Lipinski definition) is 1. The summed E-state index contributed by atoms with van der Waals surface area (Å²) in [5, 5.41) is 3.26. The summed E-state index contributed by atoms with van der Waals surface area (Å²) in [7, 11) is 0. The Balaban J connectivity index is 2.39. The van der Waals surface area contributed by atoms with Crippen molar-refractivity contribution in [3.8, 4) is 0 Å². The summed E-state index contributed by atoms with van der Waals surface area (Å²) in [5.74, 6) is -0.606. The third-order valence-corrected chi connectivity index (χ3v) is 3.67. The van der Waals surface area contributed by atoms with Crippen molar-refractivity contribution in [1.82, 2.24) is 5.32 Å². The maximum atomic E-state index is 13.9. The van der Waals surface area contributed by atoms with Gasteiger partial charge in [0.1, 0.15) is 5.82 Å².